The van der Waals surface area contributed by atoms with Crippen LogP contribution in [0.4, 0.5) is 10.1 Å². The standard InChI is InChI=1S/C19H21FN2O3/c1-4-22(5-2)19(24)13-6-9-15(10-7-13)21-18(23)16-12-14(20)8-11-17(16)25-3/h6-12H,4-5H2,1-3H3,(H,21,23). The summed E-state index contributed by atoms with van der Waals surface area (Å²) in [5.41, 5.74) is 1.16. The quantitative estimate of drug-likeness (QED) is 0.871. The molecule has 1 N–H and O–H groups in total. The lowest BCUT2D eigenvalue weighted by atomic mass is 10.1. The molecule has 0 aliphatic carbocycles. The van der Waals surface area contributed by atoms with Gasteiger partial charge in [-0.2, -0.15) is 0 Å². The van der Waals surface area contributed by atoms with Crippen molar-refractivity contribution in [2.75, 3.05) is 25.5 Å². The molecule has 2 rings (SSSR count). The van der Waals surface area contributed by atoms with Gasteiger partial charge in [-0.05, 0) is 56.3 Å². The highest BCUT2D eigenvalue weighted by molar-refractivity contribution is 6.06. The van der Waals surface area contributed by atoms with Gasteiger partial charge in [0.1, 0.15) is 11.6 Å². The molecule has 6 heteroatoms. The third-order valence-electron chi connectivity index (χ3n) is 3.85. The zero-order valence-electron chi connectivity index (χ0n) is 14.5. The zero-order valence-corrected chi connectivity index (χ0v) is 14.5. The summed E-state index contributed by atoms with van der Waals surface area (Å²) in [6, 6.07) is 10.3. The third kappa shape index (κ3) is 4.35. The molecule has 25 heavy (non-hydrogen) atoms. The number of nitrogens with zero attached hydrogens (tertiary/aromatic N) is 1. The van der Waals surface area contributed by atoms with E-state index in [0.29, 0.717) is 24.3 Å². The molecule has 5 nitrogen and oxygen atoms in total. The molecule has 0 fully saturated rings. The van der Waals surface area contributed by atoms with Crippen molar-refractivity contribution in [3.8, 4) is 5.75 Å². The Hall–Kier alpha value is -2.89. The molecule has 132 valence electrons. The van der Waals surface area contributed by atoms with E-state index in [1.807, 2.05) is 13.8 Å². The molecule has 2 aromatic carbocycles. The van der Waals surface area contributed by atoms with Gasteiger partial charge in [0.25, 0.3) is 11.8 Å². The molecule has 0 spiro atoms. The van der Waals surface area contributed by atoms with Gasteiger partial charge in [0.2, 0.25) is 0 Å². The fourth-order valence-corrected chi connectivity index (χ4v) is 2.45. The van der Waals surface area contributed by atoms with Crippen LogP contribution in [0.5, 0.6) is 5.75 Å². The molecule has 0 atom stereocenters. The van der Waals surface area contributed by atoms with E-state index in [1.54, 1.807) is 29.2 Å². The first kappa shape index (κ1) is 18.4. The van der Waals surface area contributed by atoms with Crippen molar-refractivity contribution in [1.29, 1.82) is 0 Å². The lowest BCUT2D eigenvalue weighted by molar-refractivity contribution is 0.0773. The van der Waals surface area contributed by atoms with Gasteiger partial charge in [0.05, 0.1) is 12.7 Å². The highest BCUT2D eigenvalue weighted by atomic mass is 19.1. The fourth-order valence-electron chi connectivity index (χ4n) is 2.45. The van der Waals surface area contributed by atoms with E-state index in [1.165, 1.54) is 19.2 Å². The molecular weight excluding hydrogens is 323 g/mol. The van der Waals surface area contributed by atoms with Crippen LogP contribution in [-0.4, -0.2) is 36.9 Å². The Morgan fingerprint density at radius 3 is 2.28 bits per heavy atom. The van der Waals surface area contributed by atoms with E-state index < -0.39 is 11.7 Å². The van der Waals surface area contributed by atoms with Gasteiger partial charge in [-0.1, -0.05) is 0 Å². The summed E-state index contributed by atoms with van der Waals surface area (Å²) in [6.45, 7) is 5.10. The van der Waals surface area contributed by atoms with Crippen LogP contribution < -0.4 is 10.1 Å². The first-order valence-electron chi connectivity index (χ1n) is 8.04. The second kappa shape index (κ2) is 8.28. The molecule has 0 aliphatic rings. The number of amides is 2. The van der Waals surface area contributed by atoms with Crippen molar-refractivity contribution in [3.63, 3.8) is 0 Å². The summed E-state index contributed by atoms with van der Waals surface area (Å²) in [6.07, 6.45) is 0. The van der Waals surface area contributed by atoms with Crippen LogP contribution in [-0.2, 0) is 0 Å². The minimum atomic E-state index is -0.522. The molecule has 0 unspecified atom stereocenters. The number of nitrogens with one attached hydrogen (secondary N) is 1. The Morgan fingerprint density at radius 1 is 1.08 bits per heavy atom. The summed E-state index contributed by atoms with van der Waals surface area (Å²) in [5, 5.41) is 2.67. The van der Waals surface area contributed by atoms with Crippen molar-refractivity contribution < 1.29 is 18.7 Å². The first-order valence-corrected chi connectivity index (χ1v) is 8.04. The number of ether oxygens (including phenoxy) is 1. The fraction of sp³-hybridized carbons (Fsp3) is 0.263. The smallest absolute Gasteiger partial charge is 0.259 e. The van der Waals surface area contributed by atoms with Crippen LogP contribution in [0.25, 0.3) is 0 Å². The molecule has 0 aliphatic heterocycles. The van der Waals surface area contributed by atoms with Crippen molar-refractivity contribution in [1.82, 2.24) is 4.90 Å². The number of rotatable bonds is 6. The minimum absolute atomic E-state index is 0.0605. The van der Waals surface area contributed by atoms with Crippen molar-refractivity contribution in [3.05, 3.63) is 59.4 Å². The molecular formula is C19H21FN2O3. The summed E-state index contributed by atoms with van der Waals surface area (Å²) >= 11 is 0. The average molecular weight is 344 g/mol. The summed E-state index contributed by atoms with van der Waals surface area (Å²) in [5.74, 6) is -0.785. The van der Waals surface area contributed by atoms with Gasteiger partial charge < -0.3 is 15.0 Å². The van der Waals surface area contributed by atoms with E-state index in [4.69, 9.17) is 4.74 Å². The summed E-state index contributed by atoms with van der Waals surface area (Å²) in [7, 11) is 1.41. The number of anilines is 1. The average Bonchev–Trinajstić information content (AvgIpc) is 2.63. The van der Waals surface area contributed by atoms with Crippen molar-refractivity contribution in [2.45, 2.75) is 13.8 Å². The van der Waals surface area contributed by atoms with Crippen molar-refractivity contribution >= 4 is 17.5 Å². The highest BCUT2D eigenvalue weighted by Gasteiger charge is 2.15. The lowest BCUT2D eigenvalue weighted by Crippen LogP contribution is -2.30. The number of carbonyl (C=O) groups is 2. The topological polar surface area (TPSA) is 58.6 Å². The van der Waals surface area contributed by atoms with E-state index >= 15 is 0 Å². The van der Waals surface area contributed by atoms with Crippen LogP contribution in [0.2, 0.25) is 0 Å². The molecule has 2 amide bonds. The largest absolute Gasteiger partial charge is 0.496 e. The number of hydrogen-bond donors (Lipinski definition) is 1. The van der Waals surface area contributed by atoms with Crippen molar-refractivity contribution in [2.24, 2.45) is 0 Å². The number of halogens is 1. The van der Waals surface area contributed by atoms with Crippen LogP contribution in [0, 0.1) is 5.82 Å². The number of methoxy groups -OCH3 is 1. The van der Waals surface area contributed by atoms with E-state index in [2.05, 4.69) is 5.32 Å². The van der Waals surface area contributed by atoms with Gasteiger partial charge in [0.15, 0.2) is 0 Å². The highest BCUT2D eigenvalue weighted by Crippen LogP contribution is 2.21. The second-order valence-electron chi connectivity index (χ2n) is 5.35. The number of benzene rings is 2. The minimum Gasteiger partial charge on any atom is -0.496 e. The summed E-state index contributed by atoms with van der Waals surface area (Å²) in [4.78, 5) is 26.3. The van der Waals surface area contributed by atoms with Crippen LogP contribution in [0.3, 0.4) is 0 Å². The van der Waals surface area contributed by atoms with Crippen LogP contribution >= 0.6 is 0 Å². The monoisotopic (exact) mass is 344 g/mol. The molecule has 0 heterocycles. The predicted octanol–water partition coefficient (Wildman–Crippen LogP) is 3.57. The SMILES string of the molecule is CCN(CC)C(=O)c1ccc(NC(=O)c2cc(F)ccc2OC)cc1. The first-order chi connectivity index (χ1) is 12.0. The Bertz CT molecular complexity index is 756. The molecule has 2 aromatic rings. The maximum absolute atomic E-state index is 13.4. The van der Waals surface area contributed by atoms with E-state index in [0.717, 1.165) is 6.07 Å². The predicted molar refractivity (Wildman–Crippen MR) is 94.6 cm³/mol. The van der Waals surface area contributed by atoms with Gasteiger partial charge in [-0.3, -0.25) is 9.59 Å². The Balaban J connectivity index is 2.15. The van der Waals surface area contributed by atoms with E-state index in [-0.39, 0.29) is 17.2 Å². The maximum atomic E-state index is 13.4. The van der Waals surface area contributed by atoms with E-state index in [9.17, 15) is 14.0 Å². The Kier molecular flexibility index (Phi) is 6.11. The maximum Gasteiger partial charge on any atom is 0.259 e. The number of hydrogen-bond acceptors (Lipinski definition) is 3. The molecule has 0 saturated heterocycles. The third-order valence-corrected chi connectivity index (χ3v) is 3.85. The van der Waals surface area contributed by atoms with Gasteiger partial charge in [0, 0.05) is 24.3 Å². The normalized spacial score (nSPS) is 10.2. The zero-order chi connectivity index (χ0) is 18.4. The summed E-state index contributed by atoms with van der Waals surface area (Å²) < 4.78 is 18.5. The molecule has 0 saturated carbocycles. The van der Waals surface area contributed by atoms with Gasteiger partial charge in [-0.25, -0.2) is 4.39 Å². The Morgan fingerprint density at radius 2 is 1.72 bits per heavy atom. The van der Waals surface area contributed by atoms with Gasteiger partial charge >= 0.3 is 0 Å². The second-order valence-corrected chi connectivity index (χ2v) is 5.35. The van der Waals surface area contributed by atoms with Crippen LogP contribution in [0.1, 0.15) is 34.6 Å². The molecule has 0 radical (unpaired) electrons. The molecule has 0 aromatic heterocycles. The Labute approximate surface area is 146 Å². The lowest BCUT2D eigenvalue weighted by Gasteiger charge is -2.18. The molecule has 0 bridgehead atoms. The number of carbonyl (C=O) groups excluding carboxylic acids is 2. The van der Waals surface area contributed by atoms with Crippen LogP contribution in [0.15, 0.2) is 42.5 Å². The van der Waals surface area contributed by atoms with Gasteiger partial charge in [-0.15, -0.1) is 0 Å².